The van der Waals surface area contributed by atoms with Gasteiger partial charge in [-0.05, 0) is 40.6 Å². The number of nitrogens with zero attached hydrogens (tertiary/aromatic N) is 2. The van der Waals surface area contributed by atoms with Crippen molar-refractivity contribution in [3.8, 4) is 0 Å². The fourth-order valence-corrected chi connectivity index (χ4v) is 4.59. The zero-order chi connectivity index (χ0) is 21.0. The molecule has 2 aromatic carbocycles. The maximum Gasteiger partial charge on any atom is 0.258 e. The van der Waals surface area contributed by atoms with E-state index in [0.29, 0.717) is 25.3 Å². The first kappa shape index (κ1) is 19.7. The monoisotopic (exact) mass is 430 g/mol. The van der Waals surface area contributed by atoms with Crippen molar-refractivity contribution in [1.82, 2.24) is 9.97 Å². The van der Waals surface area contributed by atoms with Gasteiger partial charge in [-0.25, -0.2) is 4.98 Å². The number of carbonyl (C=O) groups excluding carboxylic acids is 1. The van der Waals surface area contributed by atoms with E-state index in [9.17, 15) is 4.79 Å². The lowest BCUT2D eigenvalue weighted by Crippen LogP contribution is -2.17. The van der Waals surface area contributed by atoms with E-state index < -0.39 is 0 Å². The van der Waals surface area contributed by atoms with Gasteiger partial charge < -0.3 is 10.1 Å². The van der Waals surface area contributed by atoms with Crippen molar-refractivity contribution in [3.05, 3.63) is 81.7 Å². The predicted octanol–water partition coefficient (Wildman–Crippen LogP) is 5.02. The van der Waals surface area contributed by atoms with Gasteiger partial charge in [-0.15, -0.1) is 0 Å². The summed E-state index contributed by atoms with van der Waals surface area (Å²) in [6.07, 6.45) is 1.76. The highest BCUT2D eigenvalue weighted by atomic mass is 32.1. The highest BCUT2D eigenvalue weighted by Gasteiger charge is 2.19. The van der Waals surface area contributed by atoms with E-state index in [1.807, 2.05) is 47.2 Å². The van der Waals surface area contributed by atoms with Crippen LogP contribution < -0.4 is 10.6 Å². The summed E-state index contributed by atoms with van der Waals surface area (Å²) in [6, 6.07) is 15.9. The van der Waals surface area contributed by atoms with Gasteiger partial charge in [0.1, 0.15) is 5.82 Å². The first-order valence-electron chi connectivity index (χ1n) is 10.3. The summed E-state index contributed by atoms with van der Waals surface area (Å²) in [5.74, 6) is 0.827. The van der Waals surface area contributed by atoms with E-state index in [4.69, 9.17) is 4.74 Å². The van der Waals surface area contributed by atoms with E-state index in [2.05, 4.69) is 32.7 Å². The molecule has 0 fully saturated rings. The number of ether oxygens (including phenoxy) is 1. The van der Waals surface area contributed by atoms with Gasteiger partial charge in [-0.2, -0.15) is 16.3 Å². The summed E-state index contributed by atoms with van der Waals surface area (Å²) in [6.45, 7) is 1.75. The van der Waals surface area contributed by atoms with Gasteiger partial charge in [0.25, 0.3) is 5.91 Å². The van der Waals surface area contributed by atoms with E-state index in [1.165, 1.54) is 0 Å². The third-order valence-electron chi connectivity index (χ3n) is 5.34. The highest BCUT2D eigenvalue weighted by molar-refractivity contribution is 7.09. The van der Waals surface area contributed by atoms with Crippen LogP contribution >= 0.6 is 11.3 Å². The maximum atomic E-state index is 13.0. The Morgan fingerprint density at radius 1 is 1.06 bits per heavy atom. The number of rotatable bonds is 5. The van der Waals surface area contributed by atoms with Crippen molar-refractivity contribution in [3.63, 3.8) is 0 Å². The van der Waals surface area contributed by atoms with Crippen LogP contribution in [-0.4, -0.2) is 22.5 Å². The number of amides is 1. The fraction of sp³-hybridized carbons (Fsp3) is 0.208. The van der Waals surface area contributed by atoms with Gasteiger partial charge in [0.2, 0.25) is 5.95 Å². The molecule has 2 N–H and O–H groups in total. The lowest BCUT2D eigenvalue weighted by atomic mass is 10.1. The molecule has 0 spiro atoms. The molecule has 156 valence electrons. The Morgan fingerprint density at radius 2 is 1.97 bits per heavy atom. The molecule has 4 aromatic rings. The number of carbonyl (C=O) groups is 1. The Labute approximate surface area is 184 Å². The molecule has 0 atom stereocenters. The van der Waals surface area contributed by atoms with E-state index in [1.54, 1.807) is 11.3 Å². The van der Waals surface area contributed by atoms with Crippen LogP contribution in [0.15, 0.2) is 59.3 Å². The van der Waals surface area contributed by atoms with Crippen LogP contribution in [0.5, 0.6) is 0 Å². The molecule has 1 aliphatic rings. The van der Waals surface area contributed by atoms with Gasteiger partial charge in [0.05, 0.1) is 12.3 Å². The fourth-order valence-electron chi connectivity index (χ4n) is 3.78. The van der Waals surface area contributed by atoms with Gasteiger partial charge >= 0.3 is 0 Å². The molecule has 0 unspecified atom stereocenters. The molecule has 3 heterocycles. The molecule has 1 aliphatic heterocycles. The molecule has 6 nitrogen and oxygen atoms in total. The van der Waals surface area contributed by atoms with Crippen LogP contribution in [-0.2, 0) is 24.3 Å². The molecule has 0 radical (unpaired) electrons. The first-order valence-corrected chi connectivity index (χ1v) is 11.2. The van der Waals surface area contributed by atoms with Crippen molar-refractivity contribution in [2.45, 2.75) is 26.0 Å². The molecule has 0 aliphatic carbocycles. The van der Waals surface area contributed by atoms with Crippen LogP contribution in [0.3, 0.4) is 0 Å². The van der Waals surface area contributed by atoms with Gasteiger partial charge in [0.15, 0.2) is 0 Å². The Hall–Kier alpha value is -3.29. The van der Waals surface area contributed by atoms with E-state index >= 15 is 0 Å². The third-order valence-corrected chi connectivity index (χ3v) is 6.10. The Kier molecular flexibility index (Phi) is 5.60. The number of nitrogens with one attached hydrogen (secondary N) is 2. The number of thiophene rings is 1. The van der Waals surface area contributed by atoms with Gasteiger partial charge in [-0.3, -0.25) is 10.1 Å². The summed E-state index contributed by atoms with van der Waals surface area (Å²) < 4.78 is 5.70. The molecule has 5 rings (SSSR count). The predicted molar refractivity (Wildman–Crippen MR) is 124 cm³/mol. The third kappa shape index (κ3) is 4.28. The Bertz CT molecular complexity index is 1220. The zero-order valence-corrected chi connectivity index (χ0v) is 17.7. The molecule has 0 bridgehead atoms. The second kappa shape index (κ2) is 8.83. The average Bonchev–Trinajstić information content (AvgIpc) is 3.16. The molecule has 2 aromatic heterocycles. The van der Waals surface area contributed by atoms with Crippen molar-refractivity contribution in [2.24, 2.45) is 0 Å². The largest absolute Gasteiger partial charge is 0.375 e. The molecule has 0 saturated heterocycles. The molecular formula is C24H22N4O2S. The number of hydrogen-bond donors (Lipinski definition) is 2. The molecule has 1 amide bonds. The summed E-state index contributed by atoms with van der Waals surface area (Å²) in [5.41, 5.74) is 3.67. The first-order chi connectivity index (χ1) is 15.3. The molecular weight excluding hydrogens is 408 g/mol. The molecule has 0 saturated carbocycles. The van der Waals surface area contributed by atoms with E-state index in [0.717, 1.165) is 46.3 Å². The van der Waals surface area contributed by atoms with Crippen LogP contribution in [0.25, 0.3) is 10.8 Å². The van der Waals surface area contributed by atoms with Crippen LogP contribution in [0.1, 0.15) is 33.6 Å². The van der Waals surface area contributed by atoms with Crippen molar-refractivity contribution < 1.29 is 9.53 Å². The number of fused-ring (bicyclic) bond motifs is 2. The molecule has 31 heavy (non-hydrogen) atoms. The van der Waals surface area contributed by atoms with Crippen molar-refractivity contribution >= 4 is 39.8 Å². The van der Waals surface area contributed by atoms with Crippen LogP contribution in [0.2, 0.25) is 0 Å². The van der Waals surface area contributed by atoms with E-state index in [-0.39, 0.29) is 11.9 Å². The average molecular weight is 431 g/mol. The number of benzene rings is 2. The topological polar surface area (TPSA) is 76.1 Å². The summed E-state index contributed by atoms with van der Waals surface area (Å²) in [5, 5.41) is 12.4. The summed E-state index contributed by atoms with van der Waals surface area (Å²) in [7, 11) is 0. The minimum Gasteiger partial charge on any atom is -0.375 e. The lowest BCUT2D eigenvalue weighted by Gasteiger charge is -2.15. The Balaban J connectivity index is 1.44. The SMILES string of the molecule is O=C(Nc1nc2c(c(NCc3ccccc3)n1)CCCOC2)c1cccc2cscc12. The Morgan fingerprint density at radius 3 is 2.87 bits per heavy atom. The maximum absolute atomic E-state index is 13.0. The van der Waals surface area contributed by atoms with Gasteiger partial charge in [-0.1, -0.05) is 42.5 Å². The zero-order valence-electron chi connectivity index (χ0n) is 16.9. The smallest absolute Gasteiger partial charge is 0.258 e. The second-order valence-corrected chi connectivity index (χ2v) is 8.19. The second-order valence-electron chi connectivity index (χ2n) is 7.45. The minimum absolute atomic E-state index is 0.215. The van der Waals surface area contributed by atoms with Crippen molar-refractivity contribution in [1.29, 1.82) is 0 Å². The normalized spacial score (nSPS) is 13.4. The quantitative estimate of drug-likeness (QED) is 0.465. The standard InChI is InChI=1S/C24H22N4O2S/c29-23(18-9-4-8-17-14-31-15-20(17)18)28-24-26-21-13-30-11-5-10-19(21)22(27-24)25-12-16-6-2-1-3-7-16/h1-4,6-9,14-15H,5,10-13H2,(H2,25,26,27,28,29). The summed E-state index contributed by atoms with van der Waals surface area (Å²) >= 11 is 1.58. The lowest BCUT2D eigenvalue weighted by molar-refractivity contribution is 0.102. The highest BCUT2D eigenvalue weighted by Crippen LogP contribution is 2.26. The number of anilines is 2. The van der Waals surface area contributed by atoms with Crippen LogP contribution in [0, 0.1) is 0 Å². The van der Waals surface area contributed by atoms with Crippen molar-refractivity contribution in [2.75, 3.05) is 17.2 Å². The summed E-state index contributed by atoms with van der Waals surface area (Å²) in [4.78, 5) is 22.3. The number of hydrogen-bond acceptors (Lipinski definition) is 6. The minimum atomic E-state index is -0.215. The van der Waals surface area contributed by atoms with Crippen LogP contribution in [0.4, 0.5) is 11.8 Å². The molecule has 7 heteroatoms. The number of aromatic nitrogens is 2. The van der Waals surface area contributed by atoms with Gasteiger partial charge in [0, 0.05) is 29.7 Å².